The molecule has 1 saturated heterocycles. The van der Waals surface area contributed by atoms with Crippen molar-refractivity contribution in [1.29, 1.82) is 0 Å². The number of aromatic nitrogens is 2. The minimum atomic E-state index is -4.33. The van der Waals surface area contributed by atoms with Crippen LogP contribution in [0.4, 0.5) is 4.39 Å². The average Bonchev–Trinajstić information content (AvgIpc) is 3.18. The monoisotopic (exact) mass is 543 g/mol. The predicted molar refractivity (Wildman–Crippen MR) is 129 cm³/mol. The van der Waals surface area contributed by atoms with Crippen LogP contribution in [0.3, 0.4) is 0 Å². The Balaban J connectivity index is 1.86. The number of aromatic amines is 1. The second kappa shape index (κ2) is 11.3. The molecule has 1 aromatic heterocycles. The molecule has 3 rings (SSSR count). The summed E-state index contributed by atoms with van der Waals surface area (Å²) in [7, 11) is -4.33. The van der Waals surface area contributed by atoms with Crippen molar-refractivity contribution in [3.8, 4) is 5.75 Å². The number of benzene rings is 1. The summed E-state index contributed by atoms with van der Waals surface area (Å²) in [5.74, 6) is -1.71. The quantitative estimate of drug-likeness (QED) is 0.300. The highest BCUT2D eigenvalue weighted by molar-refractivity contribution is 7.52. The fraction of sp³-hybridized carbons (Fsp3) is 0.522. The van der Waals surface area contributed by atoms with Crippen LogP contribution in [0.1, 0.15) is 47.3 Å². The first-order valence-corrected chi connectivity index (χ1v) is 13.1. The summed E-state index contributed by atoms with van der Waals surface area (Å²) in [6, 6.07) is 7.00. The van der Waals surface area contributed by atoms with Gasteiger partial charge in [-0.05, 0) is 46.8 Å². The van der Waals surface area contributed by atoms with Crippen LogP contribution in [0.25, 0.3) is 0 Å². The summed E-state index contributed by atoms with van der Waals surface area (Å²) in [5.41, 5.74) is -3.65. The fourth-order valence-electron chi connectivity index (χ4n) is 3.80. The van der Waals surface area contributed by atoms with E-state index in [0.29, 0.717) is 6.20 Å². The summed E-state index contributed by atoms with van der Waals surface area (Å²) in [5, 5.41) is 13.3. The lowest BCUT2D eigenvalue weighted by Gasteiger charge is -2.36. The lowest BCUT2D eigenvalue weighted by molar-refractivity contribution is -0.149. The van der Waals surface area contributed by atoms with Crippen molar-refractivity contribution in [2.24, 2.45) is 0 Å². The van der Waals surface area contributed by atoms with Crippen molar-refractivity contribution in [2.45, 2.75) is 77.2 Å². The van der Waals surface area contributed by atoms with Gasteiger partial charge >= 0.3 is 19.4 Å². The smallest absolute Gasteiger partial charge is 0.460 e. The SMILES string of the molecule is CC(C)OC(=O)[C@H](C)N[P@@](=O)(Oc1ccccc1)OC(C)(C)[C@H]1O[C@@H](n2cc(F)c(=O)[nH]c2=O)C[C@@H]1O. The molecular formula is C23H31FN3O9P. The Labute approximate surface area is 212 Å². The molecular weight excluding hydrogens is 512 g/mol. The highest BCUT2D eigenvalue weighted by Gasteiger charge is 2.50. The largest absolute Gasteiger partial charge is 0.462 e. The van der Waals surface area contributed by atoms with Gasteiger partial charge in [-0.15, -0.1) is 0 Å². The van der Waals surface area contributed by atoms with Gasteiger partial charge in [0.1, 0.15) is 29.7 Å². The number of hydrogen-bond donors (Lipinski definition) is 3. The number of esters is 1. The normalized spacial score (nSPS) is 22.4. The third-order valence-corrected chi connectivity index (χ3v) is 7.26. The maximum atomic E-state index is 13.9. The molecule has 0 bridgehead atoms. The molecule has 0 radical (unpaired) electrons. The van der Waals surface area contributed by atoms with Gasteiger partial charge in [-0.25, -0.2) is 9.36 Å². The van der Waals surface area contributed by atoms with Crippen LogP contribution >= 0.6 is 7.75 Å². The first kappa shape index (κ1) is 28.7. The van der Waals surface area contributed by atoms with Crippen molar-refractivity contribution < 1.29 is 37.4 Å². The molecule has 1 aromatic carbocycles. The van der Waals surface area contributed by atoms with Gasteiger partial charge in [0.05, 0.1) is 18.4 Å². The van der Waals surface area contributed by atoms with E-state index in [0.717, 1.165) is 4.57 Å². The molecule has 1 aliphatic heterocycles. The van der Waals surface area contributed by atoms with Gasteiger partial charge in [-0.3, -0.25) is 23.7 Å². The minimum absolute atomic E-state index is 0.156. The van der Waals surface area contributed by atoms with Gasteiger partial charge in [0, 0.05) is 6.42 Å². The minimum Gasteiger partial charge on any atom is -0.462 e. The summed E-state index contributed by atoms with van der Waals surface area (Å²) in [6.45, 7) is 7.70. The molecule has 1 fully saturated rings. The Morgan fingerprint density at radius 1 is 1.27 bits per heavy atom. The van der Waals surface area contributed by atoms with E-state index in [9.17, 15) is 28.4 Å². The van der Waals surface area contributed by atoms with Crippen molar-refractivity contribution in [1.82, 2.24) is 14.6 Å². The zero-order valence-corrected chi connectivity index (χ0v) is 21.9. The molecule has 0 aliphatic carbocycles. The number of halogens is 1. The van der Waals surface area contributed by atoms with E-state index < -0.39 is 67.0 Å². The molecule has 0 spiro atoms. The molecule has 12 nitrogen and oxygen atoms in total. The molecule has 2 aromatic rings. The highest BCUT2D eigenvalue weighted by Crippen LogP contribution is 2.51. The van der Waals surface area contributed by atoms with Crippen molar-refractivity contribution >= 4 is 13.7 Å². The topological polar surface area (TPSA) is 158 Å². The lowest BCUT2D eigenvalue weighted by Crippen LogP contribution is -2.46. The van der Waals surface area contributed by atoms with E-state index >= 15 is 0 Å². The third-order valence-electron chi connectivity index (χ3n) is 5.40. The van der Waals surface area contributed by atoms with E-state index in [1.54, 1.807) is 32.0 Å². The lowest BCUT2D eigenvalue weighted by atomic mass is 9.97. The number of aliphatic hydroxyl groups is 1. The molecule has 3 N–H and O–H groups in total. The summed E-state index contributed by atoms with van der Waals surface area (Å²) in [4.78, 5) is 37.7. The van der Waals surface area contributed by atoms with Gasteiger partial charge in [-0.1, -0.05) is 18.2 Å². The molecule has 5 atom stereocenters. The number of nitrogens with one attached hydrogen (secondary N) is 2. The van der Waals surface area contributed by atoms with E-state index in [4.69, 9.17) is 18.5 Å². The van der Waals surface area contributed by atoms with Gasteiger partial charge in [0.15, 0.2) is 0 Å². The van der Waals surface area contributed by atoms with Crippen LogP contribution in [-0.4, -0.2) is 50.6 Å². The Hall–Kier alpha value is -2.83. The maximum absolute atomic E-state index is 13.9. The Morgan fingerprint density at radius 2 is 1.92 bits per heavy atom. The van der Waals surface area contributed by atoms with Gasteiger partial charge in [0.25, 0.3) is 5.56 Å². The number of hydrogen-bond acceptors (Lipinski definition) is 9. The molecule has 204 valence electrons. The maximum Gasteiger partial charge on any atom is 0.460 e. The fourth-order valence-corrected chi connectivity index (χ4v) is 5.65. The average molecular weight is 543 g/mol. The number of ether oxygens (including phenoxy) is 2. The van der Waals surface area contributed by atoms with Crippen molar-refractivity contribution in [2.75, 3.05) is 0 Å². The highest BCUT2D eigenvalue weighted by atomic mass is 31.2. The zero-order valence-electron chi connectivity index (χ0n) is 21.0. The van der Waals surface area contributed by atoms with Gasteiger partial charge < -0.3 is 19.1 Å². The van der Waals surface area contributed by atoms with Crippen LogP contribution in [0.2, 0.25) is 0 Å². The number of nitrogens with zero attached hydrogens (tertiary/aromatic N) is 1. The van der Waals surface area contributed by atoms with Crippen molar-refractivity contribution in [3.63, 3.8) is 0 Å². The van der Waals surface area contributed by atoms with Crippen molar-refractivity contribution in [3.05, 3.63) is 63.2 Å². The molecule has 2 heterocycles. The Morgan fingerprint density at radius 3 is 2.54 bits per heavy atom. The van der Waals surface area contributed by atoms with E-state index in [-0.39, 0.29) is 12.2 Å². The Kier molecular flexibility index (Phi) is 8.76. The number of carbonyl (C=O) groups excluding carboxylic acids is 1. The standard InChI is InChI=1S/C23H31FN3O9P/c1-13(2)33-21(30)14(3)26-37(32,35-15-9-7-6-8-10-15)36-23(4,5)19-17(28)11-18(34-19)27-12-16(24)20(29)25-22(27)31/h6-10,12-14,17-19,28H,11H2,1-5H3,(H,26,32)(H,25,29,31)/t14-,17-,18+,19-,37+/m0/s1. The zero-order chi connectivity index (χ0) is 27.5. The molecule has 0 saturated carbocycles. The van der Waals surface area contributed by atoms with E-state index in [1.807, 2.05) is 4.98 Å². The van der Waals surface area contributed by atoms with E-state index in [2.05, 4.69) is 5.09 Å². The van der Waals surface area contributed by atoms with Crippen LogP contribution in [0.5, 0.6) is 5.75 Å². The molecule has 0 unspecified atom stereocenters. The summed E-state index contributed by atoms with van der Waals surface area (Å²) < 4.78 is 51.0. The number of carbonyl (C=O) groups is 1. The summed E-state index contributed by atoms with van der Waals surface area (Å²) in [6.07, 6.45) is -3.45. The van der Waals surface area contributed by atoms with Crippen LogP contribution in [-0.2, 0) is 23.4 Å². The first-order chi connectivity index (χ1) is 17.2. The third kappa shape index (κ3) is 7.14. The second-order valence-corrected chi connectivity index (χ2v) is 11.0. The molecule has 14 heteroatoms. The predicted octanol–water partition coefficient (Wildman–Crippen LogP) is 2.24. The van der Waals surface area contributed by atoms with E-state index in [1.165, 1.54) is 32.9 Å². The number of aliphatic hydroxyl groups excluding tert-OH is 1. The first-order valence-electron chi connectivity index (χ1n) is 11.6. The number of para-hydroxylation sites is 1. The molecule has 1 aliphatic rings. The number of H-pyrrole nitrogens is 1. The Bertz CT molecular complexity index is 1260. The molecule has 37 heavy (non-hydrogen) atoms. The van der Waals surface area contributed by atoms with Crippen LogP contribution in [0.15, 0.2) is 46.1 Å². The second-order valence-electron chi connectivity index (χ2n) is 9.39. The molecule has 0 amide bonds. The van der Waals surface area contributed by atoms with Crippen LogP contribution in [0, 0.1) is 5.82 Å². The van der Waals surface area contributed by atoms with Gasteiger partial charge in [0.2, 0.25) is 5.82 Å². The number of rotatable bonds is 10. The van der Waals surface area contributed by atoms with Gasteiger partial charge in [-0.2, -0.15) is 9.48 Å². The summed E-state index contributed by atoms with van der Waals surface area (Å²) >= 11 is 0. The van der Waals surface area contributed by atoms with Crippen LogP contribution < -0.4 is 20.9 Å².